The second-order valence-electron chi connectivity index (χ2n) is 5.25. The molecule has 0 saturated heterocycles. The molecule has 1 aromatic heterocycles. The number of rotatable bonds is 6. The molecule has 0 N–H and O–H groups in total. The SMILES string of the molecule is COc1ccc(OC)c(COC(=O)C2CC2c2ccco2)c1. The van der Waals surface area contributed by atoms with Gasteiger partial charge in [-0.05, 0) is 36.8 Å². The van der Waals surface area contributed by atoms with Crippen LogP contribution in [0.1, 0.15) is 23.7 Å². The van der Waals surface area contributed by atoms with Gasteiger partial charge >= 0.3 is 5.97 Å². The van der Waals surface area contributed by atoms with E-state index in [1.54, 1.807) is 32.6 Å². The smallest absolute Gasteiger partial charge is 0.310 e. The van der Waals surface area contributed by atoms with Crippen LogP contribution in [0.5, 0.6) is 11.5 Å². The third kappa shape index (κ3) is 2.93. The Morgan fingerprint density at radius 1 is 1.27 bits per heavy atom. The van der Waals surface area contributed by atoms with Crippen LogP contribution < -0.4 is 9.47 Å². The van der Waals surface area contributed by atoms with Gasteiger partial charge in [0.2, 0.25) is 0 Å². The normalized spacial score (nSPS) is 19.5. The highest BCUT2D eigenvalue weighted by atomic mass is 16.5. The van der Waals surface area contributed by atoms with Crippen molar-refractivity contribution in [2.75, 3.05) is 14.2 Å². The molecule has 2 aromatic rings. The lowest BCUT2D eigenvalue weighted by Gasteiger charge is -2.11. The first kappa shape index (κ1) is 14.5. The summed E-state index contributed by atoms with van der Waals surface area (Å²) in [5.41, 5.74) is 0.783. The molecule has 5 nitrogen and oxygen atoms in total. The molecule has 1 heterocycles. The lowest BCUT2D eigenvalue weighted by molar-refractivity contribution is -0.146. The van der Waals surface area contributed by atoms with Crippen molar-refractivity contribution in [2.45, 2.75) is 18.9 Å². The number of furan rings is 1. The van der Waals surface area contributed by atoms with E-state index in [0.717, 1.165) is 17.7 Å². The Morgan fingerprint density at radius 3 is 2.82 bits per heavy atom. The fraction of sp³-hybridized carbons (Fsp3) is 0.353. The summed E-state index contributed by atoms with van der Waals surface area (Å²) in [6.07, 6.45) is 2.40. The van der Waals surface area contributed by atoms with E-state index < -0.39 is 0 Å². The molecule has 1 saturated carbocycles. The number of esters is 1. The average molecular weight is 302 g/mol. The van der Waals surface area contributed by atoms with Crippen LogP contribution in [0.25, 0.3) is 0 Å². The van der Waals surface area contributed by atoms with Crippen molar-refractivity contribution in [2.24, 2.45) is 5.92 Å². The highest BCUT2D eigenvalue weighted by Gasteiger charge is 2.47. The van der Waals surface area contributed by atoms with E-state index in [2.05, 4.69) is 0 Å². The maximum Gasteiger partial charge on any atom is 0.310 e. The zero-order valence-electron chi connectivity index (χ0n) is 12.6. The van der Waals surface area contributed by atoms with E-state index >= 15 is 0 Å². The summed E-state index contributed by atoms with van der Waals surface area (Å²) in [6.45, 7) is 0.167. The summed E-state index contributed by atoms with van der Waals surface area (Å²) < 4.78 is 21.2. The first-order valence-corrected chi connectivity index (χ1v) is 7.14. The topological polar surface area (TPSA) is 57.9 Å². The van der Waals surface area contributed by atoms with Crippen LogP contribution in [0.4, 0.5) is 0 Å². The zero-order chi connectivity index (χ0) is 15.5. The van der Waals surface area contributed by atoms with Gasteiger partial charge in [-0.1, -0.05) is 0 Å². The Kier molecular flexibility index (Phi) is 4.04. The van der Waals surface area contributed by atoms with E-state index in [1.807, 2.05) is 18.2 Å². The van der Waals surface area contributed by atoms with Gasteiger partial charge in [0.1, 0.15) is 23.9 Å². The summed E-state index contributed by atoms with van der Waals surface area (Å²) in [7, 11) is 3.18. The maximum atomic E-state index is 12.1. The summed E-state index contributed by atoms with van der Waals surface area (Å²) in [6, 6.07) is 9.13. The van der Waals surface area contributed by atoms with E-state index in [9.17, 15) is 4.79 Å². The largest absolute Gasteiger partial charge is 0.497 e. The second kappa shape index (κ2) is 6.13. The molecule has 1 aliphatic rings. The molecule has 3 rings (SSSR count). The van der Waals surface area contributed by atoms with E-state index in [-0.39, 0.29) is 24.4 Å². The summed E-state index contributed by atoms with van der Waals surface area (Å²) in [5.74, 6) is 2.06. The monoisotopic (exact) mass is 302 g/mol. The molecule has 0 radical (unpaired) electrons. The van der Waals surface area contributed by atoms with Gasteiger partial charge in [0.15, 0.2) is 0 Å². The maximum absolute atomic E-state index is 12.1. The highest BCUT2D eigenvalue weighted by molar-refractivity contribution is 5.77. The Hall–Kier alpha value is -2.43. The summed E-state index contributed by atoms with van der Waals surface area (Å²) in [4.78, 5) is 12.1. The van der Waals surface area contributed by atoms with Gasteiger partial charge in [-0.3, -0.25) is 4.79 Å². The molecular formula is C17H18O5. The molecule has 1 fully saturated rings. The summed E-state index contributed by atoms with van der Waals surface area (Å²) >= 11 is 0. The van der Waals surface area contributed by atoms with Gasteiger partial charge in [0.25, 0.3) is 0 Å². The van der Waals surface area contributed by atoms with E-state index in [4.69, 9.17) is 18.6 Å². The number of methoxy groups -OCH3 is 2. The van der Waals surface area contributed by atoms with Crippen LogP contribution in [0.2, 0.25) is 0 Å². The average Bonchev–Trinajstić information content (AvgIpc) is 3.17. The predicted molar refractivity (Wildman–Crippen MR) is 78.9 cm³/mol. The molecular weight excluding hydrogens is 284 g/mol. The molecule has 0 spiro atoms. The fourth-order valence-corrected chi connectivity index (χ4v) is 2.52. The van der Waals surface area contributed by atoms with Gasteiger partial charge in [0.05, 0.1) is 26.4 Å². The molecule has 116 valence electrons. The molecule has 0 aliphatic heterocycles. The number of carbonyl (C=O) groups excluding carboxylic acids is 1. The highest BCUT2D eigenvalue weighted by Crippen LogP contribution is 2.48. The molecule has 22 heavy (non-hydrogen) atoms. The second-order valence-corrected chi connectivity index (χ2v) is 5.25. The molecule has 5 heteroatoms. The number of carbonyl (C=O) groups is 1. The molecule has 2 atom stereocenters. The van der Waals surface area contributed by atoms with Crippen molar-refractivity contribution in [3.05, 3.63) is 47.9 Å². The first-order chi connectivity index (χ1) is 10.7. The van der Waals surface area contributed by atoms with Crippen LogP contribution in [0.15, 0.2) is 41.0 Å². The lowest BCUT2D eigenvalue weighted by atomic mass is 10.2. The van der Waals surface area contributed by atoms with Gasteiger partial charge in [-0.25, -0.2) is 0 Å². The standard InChI is InChI=1S/C17H18O5/c1-19-12-5-6-15(20-2)11(8-12)10-22-17(18)14-9-13(14)16-4-3-7-21-16/h3-8,13-14H,9-10H2,1-2H3. The first-order valence-electron chi connectivity index (χ1n) is 7.14. The number of hydrogen-bond acceptors (Lipinski definition) is 5. The third-order valence-electron chi connectivity index (χ3n) is 3.86. The van der Waals surface area contributed by atoms with E-state index in [0.29, 0.717) is 11.5 Å². The predicted octanol–water partition coefficient (Wildman–Crippen LogP) is 3.14. The van der Waals surface area contributed by atoms with Crippen molar-refractivity contribution < 1.29 is 23.4 Å². The van der Waals surface area contributed by atoms with Gasteiger partial charge in [0, 0.05) is 11.5 Å². The molecule has 0 bridgehead atoms. The third-order valence-corrected chi connectivity index (χ3v) is 3.86. The number of hydrogen-bond donors (Lipinski definition) is 0. The minimum Gasteiger partial charge on any atom is -0.497 e. The Balaban J connectivity index is 1.60. The van der Waals surface area contributed by atoms with Crippen molar-refractivity contribution in [3.8, 4) is 11.5 Å². The van der Waals surface area contributed by atoms with Crippen LogP contribution >= 0.6 is 0 Å². The van der Waals surface area contributed by atoms with Crippen LogP contribution in [-0.2, 0) is 16.1 Å². The van der Waals surface area contributed by atoms with Crippen LogP contribution in [0, 0.1) is 5.92 Å². The van der Waals surface area contributed by atoms with Crippen LogP contribution in [0.3, 0.4) is 0 Å². The lowest BCUT2D eigenvalue weighted by Crippen LogP contribution is -2.08. The molecule has 1 aliphatic carbocycles. The summed E-state index contributed by atoms with van der Waals surface area (Å²) in [5, 5.41) is 0. The molecule has 0 amide bonds. The van der Waals surface area contributed by atoms with Gasteiger partial charge in [-0.15, -0.1) is 0 Å². The van der Waals surface area contributed by atoms with Crippen LogP contribution in [-0.4, -0.2) is 20.2 Å². The van der Waals surface area contributed by atoms with Crippen molar-refractivity contribution in [1.82, 2.24) is 0 Å². The zero-order valence-corrected chi connectivity index (χ0v) is 12.6. The minimum atomic E-state index is -0.203. The number of ether oxygens (including phenoxy) is 3. The fourth-order valence-electron chi connectivity index (χ4n) is 2.52. The number of benzene rings is 1. The van der Waals surface area contributed by atoms with E-state index in [1.165, 1.54) is 0 Å². The van der Waals surface area contributed by atoms with Crippen molar-refractivity contribution >= 4 is 5.97 Å². The van der Waals surface area contributed by atoms with Crippen molar-refractivity contribution in [1.29, 1.82) is 0 Å². The minimum absolute atomic E-state index is 0.109. The van der Waals surface area contributed by atoms with Gasteiger partial charge in [-0.2, -0.15) is 0 Å². The Labute approximate surface area is 128 Å². The van der Waals surface area contributed by atoms with Crippen molar-refractivity contribution in [3.63, 3.8) is 0 Å². The quantitative estimate of drug-likeness (QED) is 0.767. The van der Waals surface area contributed by atoms with Gasteiger partial charge < -0.3 is 18.6 Å². The molecule has 1 aromatic carbocycles. The Bertz CT molecular complexity index is 647. The molecule has 2 unspecified atom stereocenters. The Morgan fingerprint density at radius 2 is 2.14 bits per heavy atom.